The van der Waals surface area contributed by atoms with E-state index in [9.17, 15) is 4.39 Å². The molecule has 29 heavy (non-hydrogen) atoms. The van der Waals surface area contributed by atoms with Gasteiger partial charge in [0.25, 0.3) is 0 Å². The lowest BCUT2D eigenvalue weighted by atomic mass is 9.94. The van der Waals surface area contributed by atoms with Gasteiger partial charge >= 0.3 is 0 Å². The summed E-state index contributed by atoms with van der Waals surface area (Å²) in [5.74, 6) is 0.486. The van der Waals surface area contributed by atoms with E-state index in [1.165, 1.54) is 36.1 Å². The molecule has 2 aromatic heterocycles. The molecule has 3 aliphatic rings. The SMILES string of the molecule is Fc1ccc(-c2[nH]ncc2CN2C[C@H]3CC[C@@H]2CN(Cc2cccnc2)C3)cc1. The predicted octanol–water partition coefficient (Wildman–Crippen LogP) is 3.71. The minimum atomic E-state index is -0.214. The van der Waals surface area contributed by atoms with E-state index in [2.05, 4.69) is 31.0 Å². The van der Waals surface area contributed by atoms with Crippen LogP contribution >= 0.6 is 0 Å². The fraction of sp³-hybridized carbons (Fsp3) is 0.391. The number of hydrogen-bond acceptors (Lipinski definition) is 4. The Balaban J connectivity index is 1.31. The van der Waals surface area contributed by atoms with Crippen molar-refractivity contribution in [1.82, 2.24) is 25.0 Å². The standard InChI is InChI=1S/C23H26FN5/c24-21-6-4-19(5-7-21)23-20(11-26-27-23)15-29-14-18-3-8-22(29)16-28(13-18)12-17-2-1-9-25-10-17/h1-2,4-7,9-11,18,22H,3,8,12-16H2,(H,26,27)/t18-,22+/m0/s1. The highest BCUT2D eigenvalue weighted by Gasteiger charge is 2.35. The number of nitrogens with one attached hydrogen (secondary N) is 1. The van der Waals surface area contributed by atoms with Gasteiger partial charge in [-0.05, 0) is 54.7 Å². The van der Waals surface area contributed by atoms with E-state index < -0.39 is 0 Å². The lowest BCUT2D eigenvalue weighted by Gasteiger charge is -2.36. The van der Waals surface area contributed by atoms with Crippen LogP contribution < -0.4 is 0 Å². The normalized spacial score (nSPS) is 22.7. The highest BCUT2D eigenvalue weighted by Crippen LogP contribution is 2.31. The van der Waals surface area contributed by atoms with Gasteiger partial charge in [-0.15, -0.1) is 0 Å². The highest BCUT2D eigenvalue weighted by atomic mass is 19.1. The second-order valence-corrected chi connectivity index (χ2v) is 8.36. The molecule has 6 rings (SSSR count). The molecule has 3 aliphatic heterocycles. The minimum absolute atomic E-state index is 0.214. The first-order valence-electron chi connectivity index (χ1n) is 10.4. The van der Waals surface area contributed by atoms with Gasteiger partial charge in [0.1, 0.15) is 5.82 Å². The molecular formula is C23H26FN5. The van der Waals surface area contributed by atoms with Gasteiger partial charge in [0.05, 0.1) is 11.9 Å². The number of nitrogens with zero attached hydrogens (tertiary/aromatic N) is 4. The summed E-state index contributed by atoms with van der Waals surface area (Å²) in [7, 11) is 0. The van der Waals surface area contributed by atoms with E-state index >= 15 is 0 Å². The first-order valence-corrected chi connectivity index (χ1v) is 10.4. The molecule has 0 amide bonds. The lowest BCUT2D eigenvalue weighted by Crippen LogP contribution is -2.43. The van der Waals surface area contributed by atoms with E-state index in [4.69, 9.17) is 0 Å². The zero-order valence-corrected chi connectivity index (χ0v) is 16.5. The monoisotopic (exact) mass is 391 g/mol. The van der Waals surface area contributed by atoms with Crippen LogP contribution in [0.25, 0.3) is 11.3 Å². The highest BCUT2D eigenvalue weighted by molar-refractivity contribution is 5.62. The Kier molecular flexibility index (Phi) is 5.12. The molecule has 3 fully saturated rings. The number of pyridine rings is 1. The van der Waals surface area contributed by atoms with E-state index in [1.807, 2.05) is 36.8 Å². The second kappa shape index (κ2) is 8.05. The third-order valence-corrected chi connectivity index (χ3v) is 6.26. The summed E-state index contributed by atoms with van der Waals surface area (Å²) in [5.41, 5.74) is 4.45. The molecule has 2 atom stereocenters. The number of aromatic nitrogens is 3. The van der Waals surface area contributed by atoms with Crippen molar-refractivity contribution in [2.75, 3.05) is 19.6 Å². The Hall–Kier alpha value is -2.57. The topological polar surface area (TPSA) is 48.1 Å². The van der Waals surface area contributed by atoms with Gasteiger partial charge < -0.3 is 0 Å². The van der Waals surface area contributed by atoms with Crippen LogP contribution in [0.2, 0.25) is 0 Å². The lowest BCUT2D eigenvalue weighted by molar-refractivity contribution is 0.123. The maximum atomic E-state index is 13.3. The summed E-state index contributed by atoms with van der Waals surface area (Å²) in [5, 5.41) is 7.40. The van der Waals surface area contributed by atoms with Crippen LogP contribution in [0, 0.1) is 11.7 Å². The summed E-state index contributed by atoms with van der Waals surface area (Å²) in [6.45, 7) is 5.22. The molecule has 6 heteroatoms. The van der Waals surface area contributed by atoms with Gasteiger partial charge in [-0.1, -0.05) is 6.07 Å². The van der Waals surface area contributed by atoms with Crippen molar-refractivity contribution in [2.45, 2.75) is 32.0 Å². The largest absolute Gasteiger partial charge is 0.297 e. The number of rotatable bonds is 5. The molecule has 0 saturated carbocycles. The predicted molar refractivity (Wildman–Crippen MR) is 110 cm³/mol. The zero-order chi connectivity index (χ0) is 19.6. The van der Waals surface area contributed by atoms with E-state index in [-0.39, 0.29) is 5.82 Å². The van der Waals surface area contributed by atoms with Crippen LogP contribution in [-0.2, 0) is 13.1 Å². The number of H-pyrrole nitrogens is 1. The van der Waals surface area contributed by atoms with Crippen molar-refractivity contribution in [2.24, 2.45) is 5.92 Å². The van der Waals surface area contributed by atoms with Gasteiger partial charge in [-0.25, -0.2) is 4.39 Å². The van der Waals surface area contributed by atoms with Crippen molar-refractivity contribution >= 4 is 0 Å². The maximum absolute atomic E-state index is 13.3. The molecule has 1 N–H and O–H groups in total. The molecule has 2 bridgehead atoms. The molecule has 1 aromatic carbocycles. The van der Waals surface area contributed by atoms with Crippen LogP contribution in [0.1, 0.15) is 24.0 Å². The number of benzene rings is 1. The summed E-state index contributed by atoms with van der Waals surface area (Å²) in [6, 6.07) is 11.4. The number of hydrogen-bond donors (Lipinski definition) is 1. The van der Waals surface area contributed by atoms with Crippen LogP contribution in [0.3, 0.4) is 0 Å². The van der Waals surface area contributed by atoms with Crippen molar-refractivity contribution < 1.29 is 4.39 Å². The number of piperidine rings is 1. The molecular weight excluding hydrogens is 365 g/mol. The van der Waals surface area contributed by atoms with E-state index in [1.54, 1.807) is 0 Å². The molecule has 3 saturated heterocycles. The summed E-state index contributed by atoms with van der Waals surface area (Å²) in [4.78, 5) is 9.48. The Morgan fingerprint density at radius 2 is 1.90 bits per heavy atom. The number of halogens is 1. The van der Waals surface area contributed by atoms with Crippen LogP contribution in [0.4, 0.5) is 4.39 Å². The Morgan fingerprint density at radius 3 is 2.72 bits per heavy atom. The van der Waals surface area contributed by atoms with E-state index in [0.29, 0.717) is 12.0 Å². The van der Waals surface area contributed by atoms with Crippen LogP contribution in [0.5, 0.6) is 0 Å². The molecule has 0 unspecified atom stereocenters. The van der Waals surface area contributed by atoms with Crippen molar-refractivity contribution in [3.8, 4) is 11.3 Å². The first-order chi connectivity index (χ1) is 14.2. The quantitative estimate of drug-likeness (QED) is 0.720. The van der Waals surface area contributed by atoms with Gasteiger partial charge in [-0.2, -0.15) is 5.10 Å². The summed E-state index contributed by atoms with van der Waals surface area (Å²) < 4.78 is 13.3. The number of aromatic amines is 1. The molecule has 3 aromatic rings. The summed E-state index contributed by atoms with van der Waals surface area (Å²) in [6.07, 6.45) is 8.29. The third-order valence-electron chi connectivity index (χ3n) is 6.26. The average Bonchev–Trinajstić information content (AvgIpc) is 3.02. The maximum Gasteiger partial charge on any atom is 0.123 e. The first kappa shape index (κ1) is 18.5. The molecule has 5 nitrogen and oxygen atoms in total. The average molecular weight is 391 g/mol. The van der Waals surface area contributed by atoms with Crippen LogP contribution in [0.15, 0.2) is 55.0 Å². The summed E-state index contributed by atoms with van der Waals surface area (Å²) >= 11 is 0. The molecule has 0 aliphatic carbocycles. The Morgan fingerprint density at radius 1 is 1.00 bits per heavy atom. The molecule has 0 radical (unpaired) electrons. The molecule has 150 valence electrons. The Labute approximate surface area is 170 Å². The van der Waals surface area contributed by atoms with Gasteiger partial charge in [0, 0.05) is 62.3 Å². The minimum Gasteiger partial charge on any atom is -0.297 e. The van der Waals surface area contributed by atoms with Gasteiger partial charge in [-0.3, -0.25) is 19.9 Å². The third kappa shape index (κ3) is 4.09. The van der Waals surface area contributed by atoms with Crippen LogP contribution in [-0.4, -0.2) is 50.7 Å². The van der Waals surface area contributed by atoms with Crippen molar-refractivity contribution in [3.63, 3.8) is 0 Å². The van der Waals surface area contributed by atoms with Gasteiger partial charge in [0.15, 0.2) is 0 Å². The molecule has 5 heterocycles. The second-order valence-electron chi connectivity index (χ2n) is 8.36. The fourth-order valence-corrected chi connectivity index (χ4v) is 4.87. The zero-order valence-electron chi connectivity index (χ0n) is 16.5. The van der Waals surface area contributed by atoms with Gasteiger partial charge in [0.2, 0.25) is 0 Å². The van der Waals surface area contributed by atoms with E-state index in [0.717, 1.165) is 44.0 Å². The smallest absolute Gasteiger partial charge is 0.123 e. The number of fused-ring (bicyclic) bond motifs is 4. The Bertz CT molecular complexity index is 939. The van der Waals surface area contributed by atoms with Crippen molar-refractivity contribution in [3.05, 3.63) is 71.9 Å². The fourth-order valence-electron chi connectivity index (χ4n) is 4.87. The van der Waals surface area contributed by atoms with Crippen molar-refractivity contribution in [1.29, 1.82) is 0 Å². The molecule has 0 spiro atoms.